The predicted molar refractivity (Wildman–Crippen MR) is 83.7 cm³/mol. The first-order chi connectivity index (χ1) is 10.3. The van der Waals surface area contributed by atoms with Gasteiger partial charge in [-0.2, -0.15) is 0 Å². The lowest BCUT2D eigenvalue weighted by molar-refractivity contribution is 0.0186. The minimum Gasteiger partial charge on any atom is -0.491 e. The van der Waals surface area contributed by atoms with Gasteiger partial charge in [0.15, 0.2) is 0 Å². The lowest BCUT2D eigenvalue weighted by atomic mass is 10.2. The Kier molecular flexibility index (Phi) is 7.00. The van der Waals surface area contributed by atoms with Crippen LogP contribution in [0.25, 0.3) is 0 Å². The van der Waals surface area contributed by atoms with Crippen LogP contribution in [0, 0.1) is 0 Å². The lowest BCUT2D eigenvalue weighted by Crippen LogP contribution is -2.28. The van der Waals surface area contributed by atoms with Gasteiger partial charge in [-0.25, -0.2) is 0 Å². The fourth-order valence-electron chi connectivity index (χ4n) is 2.57. The number of nitrogens with one attached hydrogen (secondary N) is 1. The molecule has 0 amide bonds. The van der Waals surface area contributed by atoms with Crippen LogP contribution in [0.2, 0.25) is 0 Å². The van der Waals surface area contributed by atoms with Crippen molar-refractivity contribution in [3.63, 3.8) is 0 Å². The maximum atomic E-state index is 6.00. The molecule has 0 bridgehead atoms. The monoisotopic (exact) mass is 293 g/mol. The largest absolute Gasteiger partial charge is 0.491 e. The third-order valence-corrected chi connectivity index (χ3v) is 3.64. The highest BCUT2D eigenvalue weighted by atomic mass is 16.5. The maximum absolute atomic E-state index is 6.00. The molecular weight excluding hydrogens is 266 g/mol. The van der Waals surface area contributed by atoms with Gasteiger partial charge in [-0.05, 0) is 43.5 Å². The minimum atomic E-state index is 0.213. The van der Waals surface area contributed by atoms with E-state index in [9.17, 15) is 0 Å². The third kappa shape index (κ3) is 5.65. The fraction of sp³-hybridized carbons (Fsp3) is 0.647. The average molecular weight is 293 g/mol. The van der Waals surface area contributed by atoms with E-state index in [4.69, 9.17) is 14.2 Å². The molecule has 0 spiro atoms. The first-order valence-corrected chi connectivity index (χ1v) is 7.88. The molecule has 0 radical (unpaired) electrons. The molecule has 2 rings (SSSR count). The van der Waals surface area contributed by atoms with Gasteiger partial charge >= 0.3 is 0 Å². The Labute approximate surface area is 127 Å². The fourth-order valence-corrected chi connectivity index (χ4v) is 2.57. The Balaban J connectivity index is 1.70. The van der Waals surface area contributed by atoms with Crippen LogP contribution in [0.4, 0.5) is 0 Å². The molecule has 0 aliphatic carbocycles. The molecule has 1 N–H and O–H groups in total. The molecule has 0 saturated carbocycles. The summed E-state index contributed by atoms with van der Waals surface area (Å²) < 4.78 is 17.0. The van der Waals surface area contributed by atoms with Crippen LogP contribution in [0.1, 0.15) is 31.7 Å². The molecule has 2 unspecified atom stereocenters. The summed E-state index contributed by atoms with van der Waals surface area (Å²) in [5.74, 6) is 0.890. The molecule has 1 fully saturated rings. The molecule has 21 heavy (non-hydrogen) atoms. The van der Waals surface area contributed by atoms with Crippen LogP contribution in [0.3, 0.4) is 0 Å². The molecule has 1 aromatic rings. The first kappa shape index (κ1) is 16.3. The van der Waals surface area contributed by atoms with Gasteiger partial charge in [0.2, 0.25) is 0 Å². The Morgan fingerprint density at radius 2 is 2.14 bits per heavy atom. The summed E-state index contributed by atoms with van der Waals surface area (Å²) in [6.07, 6.45) is 3.91. The Bertz CT molecular complexity index is 411. The van der Waals surface area contributed by atoms with Gasteiger partial charge in [0.1, 0.15) is 12.4 Å². The zero-order valence-corrected chi connectivity index (χ0v) is 13.1. The van der Waals surface area contributed by atoms with Crippen LogP contribution in [-0.4, -0.2) is 39.0 Å². The Hall–Kier alpha value is -1.10. The highest BCUT2D eigenvalue weighted by molar-refractivity contribution is 5.28. The van der Waals surface area contributed by atoms with Crippen molar-refractivity contribution >= 4 is 0 Å². The average Bonchev–Trinajstić information content (AvgIpc) is 2.94. The van der Waals surface area contributed by atoms with E-state index in [1.54, 1.807) is 7.11 Å². The molecular formula is C17H27NO3. The lowest BCUT2D eigenvalue weighted by Gasteiger charge is -2.15. The summed E-state index contributed by atoms with van der Waals surface area (Å²) in [6, 6.07) is 8.04. The van der Waals surface area contributed by atoms with E-state index < -0.39 is 0 Å². The number of methoxy groups -OCH3 is 1. The summed E-state index contributed by atoms with van der Waals surface area (Å²) in [5.41, 5.74) is 1.13. The van der Waals surface area contributed by atoms with Gasteiger partial charge in [-0.15, -0.1) is 0 Å². The summed E-state index contributed by atoms with van der Waals surface area (Å²) in [6.45, 7) is 5.43. The van der Waals surface area contributed by atoms with Gasteiger partial charge in [0.05, 0.1) is 18.8 Å². The van der Waals surface area contributed by atoms with Crippen LogP contribution < -0.4 is 10.1 Å². The van der Waals surface area contributed by atoms with Crippen molar-refractivity contribution in [2.75, 3.05) is 26.8 Å². The van der Waals surface area contributed by atoms with Crippen molar-refractivity contribution in [3.8, 4) is 5.75 Å². The molecule has 118 valence electrons. The molecule has 1 aliphatic heterocycles. The third-order valence-electron chi connectivity index (χ3n) is 3.64. The van der Waals surface area contributed by atoms with Crippen LogP contribution in [-0.2, 0) is 16.1 Å². The number of hydrogen-bond acceptors (Lipinski definition) is 4. The Morgan fingerprint density at radius 1 is 1.29 bits per heavy atom. The number of hydrogen-bond donors (Lipinski definition) is 1. The molecule has 2 atom stereocenters. The standard InChI is InChI=1S/C17H27NO3/c1-3-9-18-11-16-7-8-17(21-16)13-20-15-6-4-5-14(10-15)12-19-2/h4-6,10,16-18H,3,7-9,11-13H2,1-2H3. The van der Waals surface area contributed by atoms with Crippen molar-refractivity contribution < 1.29 is 14.2 Å². The number of rotatable bonds is 9. The van der Waals surface area contributed by atoms with Crippen molar-refractivity contribution in [2.24, 2.45) is 0 Å². The highest BCUT2D eigenvalue weighted by Gasteiger charge is 2.25. The van der Waals surface area contributed by atoms with Gasteiger partial charge in [-0.3, -0.25) is 0 Å². The van der Waals surface area contributed by atoms with E-state index in [1.807, 2.05) is 24.3 Å². The van der Waals surface area contributed by atoms with E-state index in [0.29, 0.717) is 19.3 Å². The normalized spacial score (nSPS) is 21.6. The molecule has 1 aliphatic rings. The van der Waals surface area contributed by atoms with Crippen LogP contribution >= 0.6 is 0 Å². The molecule has 1 heterocycles. The topological polar surface area (TPSA) is 39.7 Å². The van der Waals surface area contributed by atoms with Crippen molar-refractivity contribution in [2.45, 2.75) is 45.0 Å². The second kappa shape index (κ2) is 9.03. The molecule has 4 nitrogen and oxygen atoms in total. The molecule has 1 saturated heterocycles. The van der Waals surface area contributed by atoms with E-state index in [0.717, 1.165) is 43.7 Å². The van der Waals surface area contributed by atoms with Crippen LogP contribution in [0.15, 0.2) is 24.3 Å². The van der Waals surface area contributed by atoms with Gasteiger partial charge in [-0.1, -0.05) is 19.1 Å². The van der Waals surface area contributed by atoms with Crippen molar-refractivity contribution in [1.82, 2.24) is 5.32 Å². The second-order valence-electron chi connectivity index (χ2n) is 5.55. The quantitative estimate of drug-likeness (QED) is 0.711. The summed E-state index contributed by atoms with van der Waals surface area (Å²) >= 11 is 0. The molecule has 4 heteroatoms. The second-order valence-corrected chi connectivity index (χ2v) is 5.55. The van der Waals surface area contributed by atoms with Gasteiger partial charge < -0.3 is 19.5 Å². The summed E-state index contributed by atoms with van der Waals surface area (Å²) in [5, 5.41) is 3.41. The molecule has 0 aromatic heterocycles. The van der Waals surface area contributed by atoms with Gasteiger partial charge in [0.25, 0.3) is 0 Å². The van der Waals surface area contributed by atoms with Crippen molar-refractivity contribution in [1.29, 1.82) is 0 Å². The summed E-state index contributed by atoms with van der Waals surface area (Å²) in [4.78, 5) is 0. The highest BCUT2D eigenvalue weighted by Crippen LogP contribution is 2.21. The van der Waals surface area contributed by atoms with Gasteiger partial charge in [0, 0.05) is 13.7 Å². The first-order valence-electron chi connectivity index (χ1n) is 7.88. The van der Waals surface area contributed by atoms with Crippen molar-refractivity contribution in [3.05, 3.63) is 29.8 Å². The van der Waals surface area contributed by atoms with E-state index in [-0.39, 0.29) is 6.10 Å². The van der Waals surface area contributed by atoms with E-state index in [2.05, 4.69) is 12.2 Å². The molecule has 1 aromatic carbocycles. The zero-order chi connectivity index (χ0) is 14.9. The van der Waals surface area contributed by atoms with E-state index >= 15 is 0 Å². The SMILES string of the molecule is CCCNCC1CCC(COc2cccc(COC)c2)O1. The van der Waals surface area contributed by atoms with E-state index in [1.165, 1.54) is 0 Å². The zero-order valence-electron chi connectivity index (χ0n) is 13.1. The van der Waals surface area contributed by atoms with Crippen LogP contribution in [0.5, 0.6) is 5.75 Å². The maximum Gasteiger partial charge on any atom is 0.119 e. The Morgan fingerprint density at radius 3 is 2.95 bits per heavy atom. The smallest absolute Gasteiger partial charge is 0.119 e. The number of ether oxygens (including phenoxy) is 3. The minimum absolute atomic E-state index is 0.213. The number of benzene rings is 1. The predicted octanol–water partition coefficient (Wildman–Crippen LogP) is 2.76. The summed E-state index contributed by atoms with van der Waals surface area (Å²) in [7, 11) is 1.70.